The second-order valence-electron chi connectivity index (χ2n) is 8.62. The van der Waals surface area contributed by atoms with E-state index in [4.69, 9.17) is 5.11 Å². The number of hydrogen-bond donors (Lipinski definition) is 2. The summed E-state index contributed by atoms with van der Waals surface area (Å²) in [5.74, 6) is -0.850. The summed E-state index contributed by atoms with van der Waals surface area (Å²) in [7, 11) is 0. The Balaban J connectivity index is 3.31. The molecule has 0 aliphatic carbocycles. The van der Waals surface area contributed by atoms with Crippen LogP contribution in [0, 0.1) is 0 Å². The van der Waals surface area contributed by atoms with E-state index in [2.05, 4.69) is 12.2 Å². The number of carbonyl (C=O) groups is 2. The van der Waals surface area contributed by atoms with E-state index < -0.39 is 5.97 Å². The molecule has 0 unspecified atom stereocenters. The number of unbranched alkanes of at least 4 members (excludes halogenated alkanes) is 16. The molecule has 178 valence electrons. The van der Waals surface area contributed by atoms with Gasteiger partial charge >= 0.3 is 144 Å². The molecular formula is C25H47NO3Os. The van der Waals surface area contributed by atoms with Crippen molar-refractivity contribution in [1.29, 1.82) is 0 Å². The van der Waals surface area contributed by atoms with Gasteiger partial charge in [-0.1, -0.05) is 51.9 Å². The number of carboxylic acid groups (broad SMARTS) is 1. The van der Waals surface area contributed by atoms with Gasteiger partial charge in [0.15, 0.2) is 0 Å². The second-order valence-corrected chi connectivity index (χ2v) is 10.1. The van der Waals surface area contributed by atoms with Crippen molar-refractivity contribution in [3.05, 3.63) is 0 Å². The zero-order valence-electron chi connectivity index (χ0n) is 19.4. The minimum absolute atomic E-state index is 0.0337. The average Bonchev–Trinajstić information content (AvgIpc) is 2.73. The topological polar surface area (TPSA) is 66.4 Å². The van der Waals surface area contributed by atoms with Gasteiger partial charge in [-0.25, -0.2) is 0 Å². The molecule has 0 saturated heterocycles. The number of hydrogen-bond acceptors (Lipinski definition) is 3. The van der Waals surface area contributed by atoms with Crippen molar-refractivity contribution in [2.75, 3.05) is 0 Å². The molecule has 0 amide bonds. The summed E-state index contributed by atoms with van der Waals surface area (Å²) in [6, 6.07) is -0.362. The monoisotopic (exact) mass is 601 g/mol. The Hall–Kier alpha value is -0.394. The number of nitrogens with one attached hydrogen (secondary N) is 1. The molecule has 0 aromatic carbocycles. The van der Waals surface area contributed by atoms with Crippen molar-refractivity contribution in [2.45, 2.75) is 141 Å². The van der Waals surface area contributed by atoms with E-state index in [1.165, 1.54) is 103 Å². The van der Waals surface area contributed by atoms with Crippen molar-refractivity contribution >= 4 is 16.4 Å². The zero-order chi connectivity index (χ0) is 22.3. The Bertz CT molecular complexity index is 429. The summed E-state index contributed by atoms with van der Waals surface area (Å²) in [4.78, 5) is 21.6. The Labute approximate surface area is 195 Å². The van der Waals surface area contributed by atoms with Gasteiger partial charge in [-0.3, -0.25) is 0 Å². The van der Waals surface area contributed by atoms with Crippen molar-refractivity contribution in [2.24, 2.45) is 0 Å². The SMILES string of the molecule is CCCCCCCCCCCCCCCCCCC[C](=[Os])N[C@H](C=O)CCC(=O)O. The molecule has 2 N–H and O–H groups in total. The van der Waals surface area contributed by atoms with Crippen molar-refractivity contribution in [3.63, 3.8) is 0 Å². The fourth-order valence-electron chi connectivity index (χ4n) is 3.72. The molecule has 4 nitrogen and oxygen atoms in total. The van der Waals surface area contributed by atoms with Crippen LogP contribution in [0.1, 0.15) is 135 Å². The van der Waals surface area contributed by atoms with Crippen molar-refractivity contribution < 1.29 is 32.8 Å². The third-order valence-corrected chi connectivity index (χ3v) is 6.67. The first-order chi connectivity index (χ1) is 14.6. The van der Waals surface area contributed by atoms with E-state index >= 15 is 0 Å². The zero-order valence-corrected chi connectivity index (χ0v) is 22.0. The molecule has 0 aromatic heterocycles. The van der Waals surface area contributed by atoms with Crippen LogP contribution in [0.3, 0.4) is 0 Å². The maximum absolute atomic E-state index is 11.0. The third-order valence-electron chi connectivity index (χ3n) is 5.67. The first kappa shape index (κ1) is 29.6. The molecule has 0 radical (unpaired) electrons. The Kier molecular flexibility index (Phi) is 23.0. The van der Waals surface area contributed by atoms with E-state index in [1.54, 1.807) is 18.1 Å². The molecule has 1 atom stereocenters. The summed E-state index contributed by atoms with van der Waals surface area (Å²) < 4.78 is 1.12. The molecule has 0 rings (SSSR count). The normalized spacial score (nSPS) is 12.1. The van der Waals surface area contributed by atoms with E-state index in [-0.39, 0.29) is 12.5 Å². The first-order valence-electron chi connectivity index (χ1n) is 12.5. The van der Waals surface area contributed by atoms with Crippen LogP contribution in [0.25, 0.3) is 0 Å². The van der Waals surface area contributed by atoms with Crippen LogP contribution in [0.2, 0.25) is 0 Å². The predicted octanol–water partition coefficient (Wildman–Crippen LogP) is 6.73. The van der Waals surface area contributed by atoms with Crippen LogP contribution in [-0.2, 0) is 27.7 Å². The third kappa shape index (κ3) is 22.3. The summed E-state index contributed by atoms with van der Waals surface area (Å²) in [6.07, 6.45) is 25.6. The summed E-state index contributed by atoms with van der Waals surface area (Å²) in [5, 5.41) is 11.9. The van der Waals surface area contributed by atoms with Gasteiger partial charge in [0, 0.05) is 0 Å². The fourth-order valence-corrected chi connectivity index (χ4v) is 4.64. The van der Waals surface area contributed by atoms with Gasteiger partial charge in [-0.05, 0) is 0 Å². The van der Waals surface area contributed by atoms with Crippen LogP contribution in [0.5, 0.6) is 0 Å². The minimum atomic E-state index is -0.850. The number of rotatable bonds is 24. The number of aldehydes is 1. The molecular weight excluding hydrogens is 553 g/mol. The Morgan fingerprint density at radius 2 is 1.17 bits per heavy atom. The van der Waals surface area contributed by atoms with E-state index in [0.717, 1.165) is 23.3 Å². The van der Waals surface area contributed by atoms with Crippen LogP contribution < -0.4 is 5.32 Å². The molecule has 0 spiro atoms. The molecule has 0 aliphatic heterocycles. The van der Waals surface area contributed by atoms with Gasteiger partial charge in [0.25, 0.3) is 0 Å². The van der Waals surface area contributed by atoms with E-state index in [0.29, 0.717) is 6.42 Å². The van der Waals surface area contributed by atoms with Gasteiger partial charge in [-0.2, -0.15) is 0 Å². The Morgan fingerprint density at radius 1 is 0.767 bits per heavy atom. The molecule has 0 aliphatic rings. The number of carboxylic acids is 1. The molecule has 0 bridgehead atoms. The van der Waals surface area contributed by atoms with Crippen LogP contribution in [0.15, 0.2) is 0 Å². The average molecular weight is 600 g/mol. The van der Waals surface area contributed by atoms with Crippen molar-refractivity contribution in [1.82, 2.24) is 5.32 Å². The number of aliphatic carboxylic acids is 1. The predicted molar refractivity (Wildman–Crippen MR) is 124 cm³/mol. The molecule has 5 heteroatoms. The Morgan fingerprint density at radius 3 is 1.53 bits per heavy atom. The summed E-state index contributed by atoms with van der Waals surface area (Å²) >= 11 is 1.79. The standard InChI is InChI=1S/C25H47NO3.Os/c1-2-3-4-5-6-7-8-9-10-11-12-13-14-15-16-17-18-19-22-26-24(23-27)20-21-25(28)29;/h23-24,26H,2-21H2,1H3,(H,28,29);/t24-;/m0./s1. The second kappa shape index (κ2) is 23.3. The van der Waals surface area contributed by atoms with Crippen LogP contribution in [-0.4, -0.2) is 27.6 Å². The van der Waals surface area contributed by atoms with Gasteiger partial charge in [-0.15, -0.1) is 0 Å². The maximum atomic E-state index is 11.0. The van der Waals surface area contributed by atoms with Gasteiger partial charge in [0.2, 0.25) is 0 Å². The van der Waals surface area contributed by atoms with Crippen LogP contribution >= 0.6 is 0 Å². The van der Waals surface area contributed by atoms with Crippen molar-refractivity contribution in [3.8, 4) is 0 Å². The molecule has 0 saturated carbocycles. The quantitative estimate of drug-likeness (QED) is 0.0954. The van der Waals surface area contributed by atoms with Gasteiger partial charge < -0.3 is 0 Å². The number of carbonyl (C=O) groups excluding carboxylic acids is 1. The van der Waals surface area contributed by atoms with Gasteiger partial charge in [0.1, 0.15) is 0 Å². The van der Waals surface area contributed by atoms with Crippen LogP contribution in [0.4, 0.5) is 0 Å². The summed E-state index contributed by atoms with van der Waals surface area (Å²) in [5.41, 5.74) is 0. The fraction of sp³-hybridized carbons (Fsp3) is 0.880. The molecule has 0 aromatic rings. The molecule has 30 heavy (non-hydrogen) atoms. The van der Waals surface area contributed by atoms with E-state index in [1.807, 2.05) is 0 Å². The first-order valence-corrected chi connectivity index (χ1v) is 13.8. The molecule has 0 heterocycles. The van der Waals surface area contributed by atoms with Gasteiger partial charge in [0.05, 0.1) is 0 Å². The van der Waals surface area contributed by atoms with E-state index in [9.17, 15) is 9.59 Å². The summed E-state index contributed by atoms with van der Waals surface area (Å²) in [6.45, 7) is 2.28. The molecule has 0 fully saturated rings.